The van der Waals surface area contributed by atoms with E-state index in [2.05, 4.69) is 16.0 Å². The van der Waals surface area contributed by atoms with Gasteiger partial charge >= 0.3 is 14.8 Å². The third-order valence-electron chi connectivity index (χ3n) is 3.55. The first kappa shape index (κ1) is 22.6. The Morgan fingerprint density at radius 2 is 1.54 bits per heavy atom. The molecule has 0 aromatic heterocycles. The average molecular weight is 384 g/mol. The molecule has 0 aliphatic rings. The molecule has 8 heteroatoms. The van der Waals surface area contributed by atoms with Crippen molar-refractivity contribution in [3.05, 3.63) is 30.3 Å². The predicted molar refractivity (Wildman–Crippen MR) is 106 cm³/mol. The first-order chi connectivity index (χ1) is 12.7. The maximum absolute atomic E-state index is 11.8. The third-order valence-corrected chi connectivity index (χ3v) is 6.70. The molecule has 148 valence electrons. The van der Waals surface area contributed by atoms with E-state index in [-0.39, 0.29) is 6.03 Å². The number of carbonyl (C=O) groups is 1. The van der Waals surface area contributed by atoms with Crippen LogP contribution in [0.1, 0.15) is 27.2 Å². The van der Waals surface area contributed by atoms with E-state index in [1.807, 2.05) is 51.1 Å². The molecule has 0 aliphatic heterocycles. The smallest absolute Gasteiger partial charge is 0.374 e. The van der Waals surface area contributed by atoms with Crippen molar-refractivity contribution in [3.63, 3.8) is 0 Å². The maximum Gasteiger partial charge on any atom is 0.500 e. The number of carbonyl (C=O) groups excluding carboxylic acids is 1. The molecule has 0 bridgehead atoms. The summed E-state index contributed by atoms with van der Waals surface area (Å²) in [6.45, 7) is 9.77. The maximum atomic E-state index is 11.8. The van der Waals surface area contributed by atoms with Crippen molar-refractivity contribution >= 4 is 20.5 Å². The summed E-state index contributed by atoms with van der Waals surface area (Å²) in [4.78, 5) is 11.8. The van der Waals surface area contributed by atoms with E-state index < -0.39 is 8.80 Å². The van der Waals surface area contributed by atoms with Crippen molar-refractivity contribution in [2.24, 2.45) is 0 Å². The lowest BCUT2D eigenvalue weighted by atomic mass is 10.3. The second kappa shape index (κ2) is 13.7. The summed E-state index contributed by atoms with van der Waals surface area (Å²) in [6.07, 6.45) is 0.905. The number of hydrogen-bond donors (Lipinski definition) is 3. The van der Waals surface area contributed by atoms with Gasteiger partial charge in [-0.05, 0) is 45.9 Å². The quantitative estimate of drug-likeness (QED) is 0.340. The highest BCUT2D eigenvalue weighted by Crippen LogP contribution is 2.17. The zero-order valence-corrected chi connectivity index (χ0v) is 17.2. The Morgan fingerprint density at radius 3 is 2.12 bits per heavy atom. The standard InChI is InChI=1S/C18H33N3O4Si/c1-4-23-26(24-5-2,25-6-3)16-10-13-19-14-15-20-18(22)21-17-11-8-7-9-12-17/h7-9,11-12,19H,4-6,10,13-16H2,1-3H3,(H2,20,21,22). The molecule has 1 aromatic rings. The molecule has 0 heterocycles. The minimum Gasteiger partial charge on any atom is -0.374 e. The molecule has 0 aliphatic carbocycles. The van der Waals surface area contributed by atoms with E-state index >= 15 is 0 Å². The third kappa shape index (κ3) is 9.30. The van der Waals surface area contributed by atoms with Gasteiger partial charge in [0, 0.05) is 44.6 Å². The van der Waals surface area contributed by atoms with Crippen LogP contribution in [0.25, 0.3) is 0 Å². The van der Waals surface area contributed by atoms with Crippen molar-refractivity contribution in [2.75, 3.05) is 44.8 Å². The van der Waals surface area contributed by atoms with Crippen LogP contribution in [0.5, 0.6) is 0 Å². The van der Waals surface area contributed by atoms with Crippen LogP contribution in [0.4, 0.5) is 10.5 Å². The monoisotopic (exact) mass is 383 g/mol. The van der Waals surface area contributed by atoms with Crippen LogP contribution in [0.2, 0.25) is 6.04 Å². The summed E-state index contributed by atoms with van der Waals surface area (Å²) in [5, 5.41) is 8.92. The fourth-order valence-corrected chi connectivity index (χ4v) is 5.13. The van der Waals surface area contributed by atoms with E-state index in [4.69, 9.17) is 13.3 Å². The van der Waals surface area contributed by atoms with Crippen LogP contribution in [0.3, 0.4) is 0 Å². The molecule has 3 N–H and O–H groups in total. The van der Waals surface area contributed by atoms with Crippen molar-refractivity contribution < 1.29 is 18.1 Å². The summed E-state index contributed by atoms with van der Waals surface area (Å²) >= 11 is 0. The van der Waals surface area contributed by atoms with Crippen LogP contribution in [-0.4, -0.2) is 54.3 Å². The van der Waals surface area contributed by atoms with Gasteiger partial charge < -0.3 is 29.2 Å². The van der Waals surface area contributed by atoms with Gasteiger partial charge in [-0.3, -0.25) is 0 Å². The Morgan fingerprint density at radius 1 is 0.923 bits per heavy atom. The summed E-state index contributed by atoms with van der Waals surface area (Å²) < 4.78 is 17.5. The highest BCUT2D eigenvalue weighted by atomic mass is 28.4. The summed E-state index contributed by atoms with van der Waals surface area (Å²) in [5.74, 6) is 0. The molecule has 0 atom stereocenters. The van der Waals surface area contributed by atoms with E-state index in [9.17, 15) is 4.79 Å². The minimum atomic E-state index is -2.54. The largest absolute Gasteiger partial charge is 0.500 e. The molecule has 0 radical (unpaired) electrons. The highest BCUT2D eigenvalue weighted by molar-refractivity contribution is 6.60. The molecule has 0 saturated heterocycles. The van der Waals surface area contributed by atoms with Crippen molar-refractivity contribution in [1.29, 1.82) is 0 Å². The van der Waals surface area contributed by atoms with Crippen LogP contribution in [0, 0.1) is 0 Å². The van der Waals surface area contributed by atoms with Crippen LogP contribution in [0.15, 0.2) is 30.3 Å². The van der Waals surface area contributed by atoms with E-state index in [0.29, 0.717) is 32.9 Å². The number of amides is 2. The van der Waals surface area contributed by atoms with Crippen LogP contribution >= 0.6 is 0 Å². The van der Waals surface area contributed by atoms with E-state index in [0.717, 1.165) is 24.7 Å². The van der Waals surface area contributed by atoms with Gasteiger partial charge in [0.15, 0.2) is 0 Å². The molecule has 0 unspecified atom stereocenters. The fraction of sp³-hybridized carbons (Fsp3) is 0.611. The molecule has 1 rings (SSSR count). The zero-order chi connectivity index (χ0) is 19.1. The SMILES string of the molecule is CCO[Si](CCCNCCNC(=O)Nc1ccccc1)(OCC)OCC. The molecule has 1 aromatic carbocycles. The summed E-state index contributed by atoms with van der Waals surface area (Å²) in [5.41, 5.74) is 0.780. The molecule has 0 spiro atoms. The lowest BCUT2D eigenvalue weighted by molar-refractivity contribution is 0.0708. The van der Waals surface area contributed by atoms with E-state index in [1.165, 1.54) is 0 Å². The lowest BCUT2D eigenvalue weighted by Crippen LogP contribution is -2.46. The van der Waals surface area contributed by atoms with Gasteiger partial charge in [-0.25, -0.2) is 4.79 Å². The van der Waals surface area contributed by atoms with E-state index in [1.54, 1.807) is 0 Å². The molecule has 7 nitrogen and oxygen atoms in total. The Kier molecular flexibility index (Phi) is 11.9. The molecular weight excluding hydrogens is 350 g/mol. The first-order valence-electron chi connectivity index (χ1n) is 9.38. The average Bonchev–Trinajstić information content (AvgIpc) is 2.62. The predicted octanol–water partition coefficient (Wildman–Crippen LogP) is 2.84. The number of rotatable bonds is 14. The van der Waals surface area contributed by atoms with Crippen molar-refractivity contribution in [1.82, 2.24) is 10.6 Å². The number of nitrogens with one attached hydrogen (secondary N) is 3. The Bertz CT molecular complexity index is 474. The van der Waals surface area contributed by atoms with Crippen LogP contribution < -0.4 is 16.0 Å². The van der Waals surface area contributed by atoms with Crippen LogP contribution in [-0.2, 0) is 13.3 Å². The van der Waals surface area contributed by atoms with Crippen molar-refractivity contribution in [3.8, 4) is 0 Å². The topological polar surface area (TPSA) is 80.9 Å². The summed E-state index contributed by atoms with van der Waals surface area (Å²) in [6, 6.07) is 9.96. The number of anilines is 1. The summed E-state index contributed by atoms with van der Waals surface area (Å²) in [7, 11) is -2.54. The van der Waals surface area contributed by atoms with Crippen molar-refractivity contribution in [2.45, 2.75) is 33.2 Å². The fourth-order valence-electron chi connectivity index (χ4n) is 2.52. The Balaban J connectivity index is 2.16. The van der Waals surface area contributed by atoms with Gasteiger partial charge in [-0.1, -0.05) is 18.2 Å². The second-order valence-electron chi connectivity index (χ2n) is 5.58. The minimum absolute atomic E-state index is 0.200. The normalized spacial score (nSPS) is 11.3. The second-order valence-corrected chi connectivity index (χ2v) is 8.31. The molecule has 26 heavy (non-hydrogen) atoms. The number of hydrogen-bond acceptors (Lipinski definition) is 5. The number of benzene rings is 1. The molecule has 0 fully saturated rings. The highest BCUT2D eigenvalue weighted by Gasteiger charge is 2.39. The lowest BCUT2D eigenvalue weighted by Gasteiger charge is -2.28. The molecule has 2 amide bonds. The number of para-hydroxylation sites is 1. The zero-order valence-electron chi connectivity index (χ0n) is 16.2. The molecule has 0 saturated carbocycles. The Hall–Kier alpha value is -1.45. The van der Waals surface area contributed by atoms with Gasteiger partial charge in [-0.15, -0.1) is 0 Å². The molecular formula is C18H33N3O4Si. The number of urea groups is 1. The van der Waals surface area contributed by atoms with Gasteiger partial charge in [0.05, 0.1) is 0 Å². The van der Waals surface area contributed by atoms with Gasteiger partial charge in [0.2, 0.25) is 0 Å². The van der Waals surface area contributed by atoms with Gasteiger partial charge in [0.1, 0.15) is 0 Å². The van der Waals surface area contributed by atoms with Gasteiger partial charge in [0.25, 0.3) is 0 Å². The first-order valence-corrected chi connectivity index (χ1v) is 11.3. The van der Waals surface area contributed by atoms with Gasteiger partial charge in [-0.2, -0.15) is 0 Å². The Labute approximate surface area is 158 Å².